The van der Waals surface area contributed by atoms with E-state index in [-0.39, 0.29) is 6.10 Å². The fourth-order valence-corrected chi connectivity index (χ4v) is 2.19. The van der Waals surface area contributed by atoms with E-state index >= 15 is 0 Å². The lowest BCUT2D eigenvalue weighted by Crippen LogP contribution is -2.41. The van der Waals surface area contributed by atoms with E-state index in [0.29, 0.717) is 6.04 Å². The molecule has 13 heavy (non-hydrogen) atoms. The summed E-state index contributed by atoms with van der Waals surface area (Å²) < 4.78 is 0. The Labute approximate surface area is 81.9 Å². The standard InChI is InChI=1S/C11H23NO/c1-3-12(2)10-8-6-4-5-7-9-11(10)13/h10-11,13H,3-9H2,1-2H3. The monoisotopic (exact) mass is 185 g/mol. The zero-order valence-corrected chi connectivity index (χ0v) is 9.00. The molecule has 0 aromatic rings. The summed E-state index contributed by atoms with van der Waals surface area (Å²) in [4.78, 5) is 2.29. The first-order chi connectivity index (χ1) is 6.25. The van der Waals surface area contributed by atoms with E-state index in [2.05, 4.69) is 18.9 Å². The lowest BCUT2D eigenvalue weighted by atomic mass is 9.93. The number of aliphatic hydroxyl groups excluding tert-OH is 1. The highest BCUT2D eigenvalue weighted by molar-refractivity contribution is 4.78. The van der Waals surface area contributed by atoms with Gasteiger partial charge < -0.3 is 10.0 Å². The molecule has 0 amide bonds. The van der Waals surface area contributed by atoms with Gasteiger partial charge in [-0.25, -0.2) is 0 Å². The Morgan fingerprint density at radius 2 is 1.77 bits per heavy atom. The maximum absolute atomic E-state index is 9.93. The van der Waals surface area contributed by atoms with Crippen LogP contribution in [0.3, 0.4) is 0 Å². The van der Waals surface area contributed by atoms with Crippen molar-refractivity contribution in [3.8, 4) is 0 Å². The number of nitrogens with zero attached hydrogens (tertiary/aromatic N) is 1. The first kappa shape index (κ1) is 11.0. The van der Waals surface area contributed by atoms with E-state index in [1.807, 2.05) is 0 Å². The summed E-state index contributed by atoms with van der Waals surface area (Å²) >= 11 is 0. The molecule has 1 rings (SSSR count). The normalized spacial score (nSPS) is 31.4. The Morgan fingerprint density at radius 1 is 1.15 bits per heavy atom. The average Bonchev–Trinajstić information content (AvgIpc) is 2.11. The van der Waals surface area contributed by atoms with Crippen molar-refractivity contribution in [1.29, 1.82) is 0 Å². The summed E-state index contributed by atoms with van der Waals surface area (Å²) in [5.41, 5.74) is 0. The molecule has 1 fully saturated rings. The number of aliphatic hydroxyl groups is 1. The van der Waals surface area contributed by atoms with E-state index in [1.165, 1.54) is 32.1 Å². The summed E-state index contributed by atoms with van der Waals surface area (Å²) in [7, 11) is 2.12. The molecule has 2 atom stereocenters. The minimum absolute atomic E-state index is 0.0924. The summed E-state index contributed by atoms with van der Waals surface area (Å²) in [6, 6.07) is 0.408. The van der Waals surface area contributed by atoms with Crippen LogP contribution < -0.4 is 0 Å². The molecule has 0 radical (unpaired) electrons. The van der Waals surface area contributed by atoms with Gasteiger partial charge in [0.2, 0.25) is 0 Å². The van der Waals surface area contributed by atoms with Crippen molar-refractivity contribution in [2.45, 2.75) is 57.6 Å². The molecule has 78 valence electrons. The largest absolute Gasteiger partial charge is 0.391 e. The smallest absolute Gasteiger partial charge is 0.0695 e. The molecule has 0 spiro atoms. The third-order valence-electron chi connectivity index (χ3n) is 3.26. The summed E-state index contributed by atoms with van der Waals surface area (Å²) in [6.07, 6.45) is 7.22. The molecule has 2 unspecified atom stereocenters. The van der Waals surface area contributed by atoms with Crippen LogP contribution in [0, 0.1) is 0 Å². The highest BCUT2D eigenvalue weighted by Crippen LogP contribution is 2.20. The zero-order chi connectivity index (χ0) is 9.68. The van der Waals surface area contributed by atoms with Crippen molar-refractivity contribution in [2.75, 3.05) is 13.6 Å². The highest BCUT2D eigenvalue weighted by atomic mass is 16.3. The minimum Gasteiger partial charge on any atom is -0.391 e. The van der Waals surface area contributed by atoms with Crippen LogP contribution in [-0.4, -0.2) is 35.7 Å². The van der Waals surface area contributed by atoms with Crippen LogP contribution in [-0.2, 0) is 0 Å². The summed E-state index contributed by atoms with van der Waals surface area (Å²) in [6.45, 7) is 3.20. The zero-order valence-electron chi connectivity index (χ0n) is 9.00. The van der Waals surface area contributed by atoms with Gasteiger partial charge in [0.25, 0.3) is 0 Å². The number of hydrogen-bond donors (Lipinski definition) is 1. The molecule has 1 N–H and O–H groups in total. The quantitative estimate of drug-likeness (QED) is 0.711. The predicted octanol–water partition coefficient (Wildman–Crippen LogP) is 2.02. The van der Waals surface area contributed by atoms with Crippen LogP contribution in [0.4, 0.5) is 0 Å². The van der Waals surface area contributed by atoms with Gasteiger partial charge in [0, 0.05) is 6.04 Å². The molecule has 2 nitrogen and oxygen atoms in total. The summed E-state index contributed by atoms with van der Waals surface area (Å²) in [5.74, 6) is 0. The molecule has 1 aliphatic rings. The van der Waals surface area contributed by atoms with Crippen LogP contribution in [0.5, 0.6) is 0 Å². The van der Waals surface area contributed by atoms with Gasteiger partial charge >= 0.3 is 0 Å². The average molecular weight is 185 g/mol. The second-order valence-corrected chi connectivity index (χ2v) is 4.20. The first-order valence-electron chi connectivity index (χ1n) is 5.64. The second-order valence-electron chi connectivity index (χ2n) is 4.20. The Bertz CT molecular complexity index is 138. The molecular weight excluding hydrogens is 162 g/mol. The Morgan fingerprint density at radius 3 is 2.38 bits per heavy atom. The molecule has 1 saturated carbocycles. The van der Waals surface area contributed by atoms with Crippen LogP contribution in [0.15, 0.2) is 0 Å². The second kappa shape index (κ2) is 5.61. The molecule has 1 aliphatic carbocycles. The van der Waals surface area contributed by atoms with Gasteiger partial charge in [-0.2, -0.15) is 0 Å². The van der Waals surface area contributed by atoms with Gasteiger partial charge in [0.05, 0.1) is 6.10 Å². The molecule has 0 aromatic carbocycles. The molecule has 0 heterocycles. The fourth-order valence-electron chi connectivity index (χ4n) is 2.19. The van der Waals surface area contributed by atoms with Crippen molar-refractivity contribution in [1.82, 2.24) is 4.90 Å². The topological polar surface area (TPSA) is 23.5 Å². The molecule has 0 aliphatic heterocycles. The van der Waals surface area contributed by atoms with Gasteiger partial charge in [-0.1, -0.05) is 32.6 Å². The lowest BCUT2D eigenvalue weighted by Gasteiger charge is -2.32. The van der Waals surface area contributed by atoms with Crippen LogP contribution in [0.2, 0.25) is 0 Å². The Balaban J connectivity index is 2.45. The lowest BCUT2D eigenvalue weighted by molar-refractivity contribution is 0.0466. The molecule has 0 aromatic heterocycles. The highest BCUT2D eigenvalue weighted by Gasteiger charge is 2.23. The van der Waals surface area contributed by atoms with E-state index in [0.717, 1.165) is 13.0 Å². The van der Waals surface area contributed by atoms with E-state index in [1.54, 1.807) is 0 Å². The maximum atomic E-state index is 9.93. The van der Waals surface area contributed by atoms with Crippen molar-refractivity contribution >= 4 is 0 Å². The maximum Gasteiger partial charge on any atom is 0.0695 e. The molecular formula is C11H23NO. The fraction of sp³-hybridized carbons (Fsp3) is 1.00. The van der Waals surface area contributed by atoms with Crippen LogP contribution in [0.1, 0.15) is 45.4 Å². The molecule has 0 bridgehead atoms. The number of likely N-dealkylation sites (N-methyl/N-ethyl adjacent to an activating group) is 1. The predicted molar refractivity (Wildman–Crippen MR) is 55.8 cm³/mol. The molecule has 2 heteroatoms. The van der Waals surface area contributed by atoms with E-state index in [4.69, 9.17) is 0 Å². The van der Waals surface area contributed by atoms with Gasteiger partial charge in [0.1, 0.15) is 0 Å². The van der Waals surface area contributed by atoms with Gasteiger partial charge in [-0.3, -0.25) is 0 Å². The van der Waals surface area contributed by atoms with E-state index in [9.17, 15) is 5.11 Å². The van der Waals surface area contributed by atoms with Crippen molar-refractivity contribution in [2.24, 2.45) is 0 Å². The van der Waals surface area contributed by atoms with Crippen molar-refractivity contribution < 1.29 is 5.11 Å². The van der Waals surface area contributed by atoms with Crippen molar-refractivity contribution in [3.63, 3.8) is 0 Å². The van der Waals surface area contributed by atoms with E-state index < -0.39 is 0 Å². The minimum atomic E-state index is -0.0924. The number of rotatable bonds is 2. The third kappa shape index (κ3) is 3.28. The van der Waals surface area contributed by atoms with Gasteiger partial charge in [0.15, 0.2) is 0 Å². The van der Waals surface area contributed by atoms with Gasteiger partial charge in [-0.15, -0.1) is 0 Å². The molecule has 0 saturated heterocycles. The van der Waals surface area contributed by atoms with Crippen molar-refractivity contribution in [3.05, 3.63) is 0 Å². The summed E-state index contributed by atoms with van der Waals surface area (Å²) in [5, 5.41) is 9.93. The SMILES string of the molecule is CCN(C)C1CCCCCCC1O. The first-order valence-corrected chi connectivity index (χ1v) is 5.64. The van der Waals surface area contributed by atoms with Crippen LogP contribution >= 0.6 is 0 Å². The Kier molecular flexibility index (Phi) is 4.74. The van der Waals surface area contributed by atoms with Crippen LogP contribution in [0.25, 0.3) is 0 Å². The third-order valence-corrected chi connectivity index (χ3v) is 3.26. The van der Waals surface area contributed by atoms with Gasteiger partial charge in [-0.05, 0) is 26.4 Å². The Hall–Kier alpha value is -0.0800. The number of hydrogen-bond acceptors (Lipinski definition) is 2.